The van der Waals surface area contributed by atoms with Gasteiger partial charge in [0.15, 0.2) is 0 Å². The van der Waals surface area contributed by atoms with Crippen LogP contribution in [0.3, 0.4) is 0 Å². The van der Waals surface area contributed by atoms with E-state index in [1.807, 2.05) is 0 Å². The predicted octanol–water partition coefficient (Wildman–Crippen LogP) is 2.38. The molecule has 7 heteroatoms. The van der Waals surface area contributed by atoms with Crippen molar-refractivity contribution in [2.75, 3.05) is 5.73 Å². The molecule has 0 unspecified atom stereocenters. The van der Waals surface area contributed by atoms with Crippen LogP contribution in [0.15, 0.2) is 34.5 Å². The highest BCUT2D eigenvalue weighted by molar-refractivity contribution is 7.86. The number of benzene rings is 1. The molecule has 0 saturated heterocycles. The van der Waals surface area contributed by atoms with Crippen LogP contribution in [0.1, 0.15) is 0 Å². The number of nitrogens with two attached hydrogens (primary N) is 1. The Kier molecular flexibility index (Phi) is 2.90. The highest BCUT2D eigenvalue weighted by atomic mass is 32.2. The van der Waals surface area contributed by atoms with Crippen molar-refractivity contribution in [3.63, 3.8) is 0 Å². The largest absolute Gasteiger partial charge is 0.397 e. The zero-order valence-electron chi connectivity index (χ0n) is 8.42. The number of anilines is 1. The van der Waals surface area contributed by atoms with Crippen LogP contribution in [0.25, 0.3) is 10.4 Å². The molecule has 0 atom stereocenters. The van der Waals surface area contributed by atoms with Gasteiger partial charge in [0.1, 0.15) is 10.7 Å². The second-order valence-corrected chi connectivity index (χ2v) is 5.66. The summed E-state index contributed by atoms with van der Waals surface area (Å²) < 4.78 is 44.3. The van der Waals surface area contributed by atoms with E-state index < -0.39 is 20.8 Å². The number of halogens is 1. The van der Waals surface area contributed by atoms with Crippen molar-refractivity contribution in [1.82, 2.24) is 0 Å². The summed E-state index contributed by atoms with van der Waals surface area (Å²) in [6.45, 7) is 0. The molecule has 0 saturated carbocycles. The van der Waals surface area contributed by atoms with E-state index in [0.29, 0.717) is 10.9 Å². The smallest absolute Gasteiger partial charge is 0.296 e. The van der Waals surface area contributed by atoms with Gasteiger partial charge in [-0.1, -0.05) is 6.07 Å². The van der Waals surface area contributed by atoms with Gasteiger partial charge < -0.3 is 5.73 Å². The average molecular weight is 273 g/mol. The van der Waals surface area contributed by atoms with Gasteiger partial charge >= 0.3 is 0 Å². The van der Waals surface area contributed by atoms with E-state index in [1.165, 1.54) is 11.3 Å². The van der Waals surface area contributed by atoms with E-state index in [4.69, 9.17) is 10.3 Å². The van der Waals surface area contributed by atoms with Crippen LogP contribution in [0.5, 0.6) is 0 Å². The van der Waals surface area contributed by atoms with Crippen LogP contribution >= 0.6 is 11.3 Å². The summed E-state index contributed by atoms with van der Waals surface area (Å²) >= 11 is 1.30. The zero-order chi connectivity index (χ0) is 12.6. The summed E-state index contributed by atoms with van der Waals surface area (Å²) in [5, 5.41) is 1.76. The van der Waals surface area contributed by atoms with Gasteiger partial charge in [-0.2, -0.15) is 8.42 Å². The fourth-order valence-electron chi connectivity index (χ4n) is 1.44. The summed E-state index contributed by atoms with van der Waals surface area (Å²) in [4.78, 5) is 0.0211. The molecular weight excluding hydrogens is 265 g/mol. The number of rotatable bonds is 2. The zero-order valence-corrected chi connectivity index (χ0v) is 10.1. The molecule has 0 radical (unpaired) electrons. The Morgan fingerprint density at radius 3 is 2.59 bits per heavy atom. The molecule has 90 valence electrons. The summed E-state index contributed by atoms with van der Waals surface area (Å²) in [5.74, 6) is -0.768. The summed E-state index contributed by atoms with van der Waals surface area (Å²) in [6.07, 6.45) is 0. The molecule has 3 N–H and O–H groups in total. The second kappa shape index (κ2) is 4.10. The van der Waals surface area contributed by atoms with Gasteiger partial charge in [-0.05, 0) is 23.6 Å². The fraction of sp³-hybridized carbons (Fsp3) is 0. The third kappa shape index (κ3) is 2.31. The predicted molar refractivity (Wildman–Crippen MR) is 63.9 cm³/mol. The molecule has 2 aromatic rings. The minimum Gasteiger partial charge on any atom is -0.397 e. The minimum atomic E-state index is -4.53. The van der Waals surface area contributed by atoms with Gasteiger partial charge in [0, 0.05) is 10.4 Å². The molecule has 0 bridgehead atoms. The number of hydrogen-bond acceptors (Lipinski definition) is 4. The lowest BCUT2D eigenvalue weighted by Crippen LogP contribution is -2.05. The maximum Gasteiger partial charge on any atom is 0.296 e. The van der Waals surface area contributed by atoms with Crippen molar-refractivity contribution >= 4 is 27.1 Å². The van der Waals surface area contributed by atoms with E-state index in [0.717, 1.165) is 6.07 Å². The van der Waals surface area contributed by atoms with E-state index in [1.54, 1.807) is 17.5 Å². The molecule has 2 rings (SSSR count). The van der Waals surface area contributed by atoms with Gasteiger partial charge in [-0.25, -0.2) is 4.39 Å². The third-order valence-corrected chi connectivity index (χ3v) is 3.97. The van der Waals surface area contributed by atoms with Gasteiger partial charge in [0.05, 0.1) is 5.69 Å². The molecule has 17 heavy (non-hydrogen) atoms. The summed E-state index contributed by atoms with van der Waals surface area (Å²) in [7, 11) is -4.53. The van der Waals surface area contributed by atoms with E-state index >= 15 is 0 Å². The van der Waals surface area contributed by atoms with Crippen LogP contribution in [0.2, 0.25) is 0 Å². The lowest BCUT2D eigenvalue weighted by Gasteiger charge is -2.08. The molecule has 0 fully saturated rings. The standard InChI is InChI=1S/C10H8FNO3S2/c11-6-4-7(8-2-1-3-16-8)10(12)9(5-6)17(13,14)15/h1-5H,12H2,(H,13,14,15). The van der Waals surface area contributed by atoms with Gasteiger partial charge in [-0.3, -0.25) is 4.55 Å². The summed E-state index contributed by atoms with van der Waals surface area (Å²) in [6, 6.07) is 5.25. The van der Waals surface area contributed by atoms with Gasteiger partial charge in [0.2, 0.25) is 0 Å². The first kappa shape index (κ1) is 12.0. The van der Waals surface area contributed by atoms with E-state index in [9.17, 15) is 12.8 Å². The first-order valence-corrected chi connectivity index (χ1v) is 6.82. The van der Waals surface area contributed by atoms with Crippen LogP contribution in [-0.4, -0.2) is 13.0 Å². The highest BCUT2D eigenvalue weighted by Gasteiger charge is 2.19. The Labute approximate surface area is 101 Å². The monoisotopic (exact) mass is 273 g/mol. The van der Waals surface area contributed by atoms with Crippen LogP contribution < -0.4 is 5.73 Å². The van der Waals surface area contributed by atoms with Crippen LogP contribution in [0.4, 0.5) is 10.1 Å². The lowest BCUT2D eigenvalue weighted by molar-refractivity contribution is 0.482. The Morgan fingerprint density at radius 2 is 2.06 bits per heavy atom. The third-order valence-electron chi connectivity index (χ3n) is 2.17. The Hall–Kier alpha value is -1.44. The van der Waals surface area contributed by atoms with Crippen molar-refractivity contribution in [2.24, 2.45) is 0 Å². The lowest BCUT2D eigenvalue weighted by atomic mass is 10.1. The SMILES string of the molecule is Nc1c(-c2cccs2)cc(F)cc1S(=O)(=O)O. The fourth-order valence-corrected chi connectivity index (χ4v) is 2.85. The molecule has 0 aliphatic heterocycles. The molecule has 1 aromatic heterocycles. The Morgan fingerprint density at radius 1 is 1.35 bits per heavy atom. The number of hydrogen-bond donors (Lipinski definition) is 2. The van der Waals surface area contributed by atoms with Crippen LogP contribution in [-0.2, 0) is 10.1 Å². The molecule has 0 aliphatic carbocycles. The molecule has 4 nitrogen and oxygen atoms in total. The quantitative estimate of drug-likeness (QED) is 0.650. The van der Waals surface area contributed by atoms with Gasteiger partial charge in [-0.15, -0.1) is 11.3 Å². The maximum atomic E-state index is 13.3. The summed E-state index contributed by atoms with van der Waals surface area (Å²) in [5.41, 5.74) is 5.73. The first-order valence-electron chi connectivity index (χ1n) is 4.50. The number of thiophene rings is 1. The van der Waals surface area contributed by atoms with Crippen LogP contribution in [0, 0.1) is 5.82 Å². The molecule has 1 heterocycles. The Balaban J connectivity index is 2.75. The molecule has 0 spiro atoms. The van der Waals surface area contributed by atoms with Crippen molar-refractivity contribution in [3.05, 3.63) is 35.5 Å². The average Bonchev–Trinajstić information content (AvgIpc) is 2.72. The minimum absolute atomic E-state index is 0.156. The molecule has 1 aromatic carbocycles. The molecular formula is C10H8FNO3S2. The first-order chi connectivity index (χ1) is 7.89. The molecule has 0 aliphatic rings. The maximum absolute atomic E-state index is 13.3. The Bertz CT molecular complexity index is 650. The highest BCUT2D eigenvalue weighted by Crippen LogP contribution is 2.34. The van der Waals surface area contributed by atoms with E-state index in [2.05, 4.69) is 0 Å². The number of nitrogen functional groups attached to an aromatic ring is 1. The normalized spacial score (nSPS) is 11.6. The van der Waals surface area contributed by atoms with Gasteiger partial charge in [0.25, 0.3) is 10.1 Å². The molecule has 0 amide bonds. The van der Waals surface area contributed by atoms with Crippen molar-refractivity contribution in [2.45, 2.75) is 4.90 Å². The van der Waals surface area contributed by atoms with E-state index in [-0.39, 0.29) is 11.3 Å². The van der Waals surface area contributed by atoms with Crippen molar-refractivity contribution in [1.29, 1.82) is 0 Å². The second-order valence-electron chi connectivity index (χ2n) is 3.32. The van der Waals surface area contributed by atoms with Crippen molar-refractivity contribution in [3.8, 4) is 10.4 Å². The van der Waals surface area contributed by atoms with Crippen molar-refractivity contribution < 1.29 is 17.4 Å². The topological polar surface area (TPSA) is 80.4 Å².